The van der Waals surface area contributed by atoms with Crippen molar-refractivity contribution in [1.29, 1.82) is 0 Å². The number of Topliss-reactive ketones (excluding diaryl/α,β-unsaturated/α-hetero) is 1. The molecule has 1 atom stereocenters. The molecule has 0 fully saturated rings. The largest absolute Gasteiger partial charge is 0.507 e. The van der Waals surface area contributed by atoms with E-state index in [4.69, 9.17) is 4.42 Å². The molecule has 0 aliphatic carbocycles. The van der Waals surface area contributed by atoms with Gasteiger partial charge in [0.05, 0.1) is 7.11 Å². The van der Waals surface area contributed by atoms with Gasteiger partial charge in [-0.2, -0.15) is 0 Å². The van der Waals surface area contributed by atoms with Gasteiger partial charge >= 0.3 is 11.6 Å². The molecular formula is C24H32O6. The van der Waals surface area contributed by atoms with Gasteiger partial charge in [-0.25, -0.2) is 9.59 Å². The maximum Gasteiger partial charge on any atom is 0.351 e. The molecule has 30 heavy (non-hydrogen) atoms. The first kappa shape index (κ1) is 25.1. The van der Waals surface area contributed by atoms with E-state index < -0.39 is 17.4 Å². The Morgan fingerprint density at radius 1 is 1.23 bits per heavy atom. The number of methoxy groups -OCH3 is 1. The summed E-state index contributed by atoms with van der Waals surface area (Å²) in [4.78, 5) is 36.0. The molecule has 0 saturated carbocycles. The fraction of sp³-hybridized carbons (Fsp3) is 0.458. The van der Waals surface area contributed by atoms with E-state index in [0.717, 1.165) is 25.7 Å². The summed E-state index contributed by atoms with van der Waals surface area (Å²) in [6, 6.07) is 1.32. The smallest absolute Gasteiger partial charge is 0.351 e. The zero-order valence-corrected chi connectivity index (χ0v) is 18.3. The lowest BCUT2D eigenvalue weighted by atomic mass is 9.99. The number of carbonyl (C=O) groups is 2. The summed E-state index contributed by atoms with van der Waals surface area (Å²) >= 11 is 0. The summed E-state index contributed by atoms with van der Waals surface area (Å²) in [7, 11) is 1.30. The van der Waals surface area contributed by atoms with Crippen LogP contribution in [0.3, 0.4) is 0 Å². The highest BCUT2D eigenvalue weighted by molar-refractivity contribution is 6.09. The summed E-state index contributed by atoms with van der Waals surface area (Å²) in [6.45, 7) is 5.57. The predicted octanol–water partition coefficient (Wildman–Crippen LogP) is 5.22. The van der Waals surface area contributed by atoms with Crippen LogP contribution in [0.25, 0.3) is 0 Å². The number of carbonyl (C=O) groups excluding carboxylic acids is 2. The third kappa shape index (κ3) is 8.23. The van der Waals surface area contributed by atoms with Gasteiger partial charge in [0.1, 0.15) is 17.1 Å². The standard InChI is InChI=1S/C24H32O6/c1-5-6-7-8-9-10-14-18(3)23(27)22-19(25)16-20(30-24(22)28)17(2)13-11-12-15-21(26)29-4/h9-10,12,14-17,25H,5-8,11,13H2,1-4H3/t17-/m1/s1. The van der Waals surface area contributed by atoms with Gasteiger partial charge in [0.2, 0.25) is 0 Å². The molecule has 1 heterocycles. The van der Waals surface area contributed by atoms with Crippen molar-refractivity contribution >= 4 is 11.8 Å². The third-order valence-electron chi connectivity index (χ3n) is 4.70. The van der Waals surface area contributed by atoms with Gasteiger partial charge in [0.15, 0.2) is 5.78 Å². The Balaban J connectivity index is 2.84. The third-order valence-corrected chi connectivity index (χ3v) is 4.70. The van der Waals surface area contributed by atoms with Crippen molar-refractivity contribution in [2.45, 2.75) is 65.2 Å². The first-order valence-corrected chi connectivity index (χ1v) is 10.3. The Bertz CT molecular complexity index is 857. The van der Waals surface area contributed by atoms with Crippen LogP contribution in [0.1, 0.15) is 81.3 Å². The molecule has 0 aliphatic rings. The number of esters is 1. The molecular weight excluding hydrogens is 384 g/mol. The Hall–Kier alpha value is -2.89. The highest BCUT2D eigenvalue weighted by atomic mass is 16.5. The minimum Gasteiger partial charge on any atom is -0.507 e. The first-order valence-electron chi connectivity index (χ1n) is 10.3. The predicted molar refractivity (Wildman–Crippen MR) is 117 cm³/mol. The van der Waals surface area contributed by atoms with E-state index >= 15 is 0 Å². The van der Waals surface area contributed by atoms with Crippen LogP contribution in [0.15, 0.2) is 51.2 Å². The van der Waals surface area contributed by atoms with Crippen LogP contribution in [0.2, 0.25) is 0 Å². The number of hydrogen-bond donors (Lipinski definition) is 1. The van der Waals surface area contributed by atoms with E-state index in [0.29, 0.717) is 18.4 Å². The van der Waals surface area contributed by atoms with Crippen LogP contribution < -0.4 is 5.63 Å². The Kier molecular flexibility index (Phi) is 11.2. The van der Waals surface area contributed by atoms with Gasteiger partial charge in [-0.15, -0.1) is 0 Å². The fourth-order valence-electron chi connectivity index (χ4n) is 2.78. The number of hydrogen-bond acceptors (Lipinski definition) is 6. The van der Waals surface area contributed by atoms with E-state index in [2.05, 4.69) is 11.7 Å². The Morgan fingerprint density at radius 3 is 2.60 bits per heavy atom. The summed E-state index contributed by atoms with van der Waals surface area (Å²) in [5.41, 5.74) is -0.866. The second-order valence-electron chi connectivity index (χ2n) is 7.20. The van der Waals surface area contributed by atoms with Crippen molar-refractivity contribution in [3.63, 3.8) is 0 Å². The normalized spacial score (nSPS) is 13.1. The van der Waals surface area contributed by atoms with E-state index in [1.165, 1.54) is 19.3 Å². The van der Waals surface area contributed by atoms with E-state index in [9.17, 15) is 19.5 Å². The second kappa shape index (κ2) is 13.4. The SMILES string of the molecule is CCCCCC=CC=C(C)C(=O)c1c(O)cc([C@H](C)CCC=CC(=O)OC)oc1=O. The molecule has 0 radical (unpaired) electrons. The molecule has 0 amide bonds. The molecule has 0 aliphatic heterocycles. The molecule has 0 aromatic carbocycles. The molecule has 0 bridgehead atoms. The molecule has 1 aromatic rings. The topological polar surface area (TPSA) is 93.8 Å². The number of ether oxygens (including phenoxy) is 1. The fourth-order valence-corrected chi connectivity index (χ4v) is 2.78. The van der Waals surface area contributed by atoms with E-state index in [1.807, 2.05) is 13.0 Å². The van der Waals surface area contributed by atoms with Crippen molar-refractivity contribution < 1.29 is 23.8 Å². The molecule has 1 aromatic heterocycles. The number of aromatic hydroxyl groups is 1. The highest BCUT2D eigenvalue weighted by Crippen LogP contribution is 2.26. The lowest BCUT2D eigenvalue weighted by Gasteiger charge is -2.10. The molecule has 0 spiro atoms. The van der Waals surface area contributed by atoms with E-state index in [-0.39, 0.29) is 23.0 Å². The molecule has 164 valence electrons. The minimum atomic E-state index is -0.855. The van der Waals surface area contributed by atoms with Crippen LogP contribution in [0.5, 0.6) is 5.75 Å². The van der Waals surface area contributed by atoms with Gasteiger partial charge in [0.25, 0.3) is 0 Å². The molecule has 6 heteroatoms. The monoisotopic (exact) mass is 416 g/mol. The lowest BCUT2D eigenvalue weighted by molar-refractivity contribution is -0.134. The molecule has 6 nitrogen and oxygen atoms in total. The zero-order chi connectivity index (χ0) is 22.5. The quantitative estimate of drug-likeness (QED) is 0.165. The minimum absolute atomic E-state index is 0.183. The van der Waals surface area contributed by atoms with Gasteiger partial charge in [0, 0.05) is 18.1 Å². The van der Waals surface area contributed by atoms with E-state index in [1.54, 1.807) is 25.2 Å². The van der Waals surface area contributed by atoms with Crippen LogP contribution in [0.4, 0.5) is 0 Å². The zero-order valence-electron chi connectivity index (χ0n) is 18.3. The van der Waals surface area contributed by atoms with Crippen molar-refractivity contribution in [2.75, 3.05) is 7.11 Å². The molecule has 1 rings (SSSR count). The number of allylic oxidation sites excluding steroid dienone is 5. The second-order valence-corrected chi connectivity index (χ2v) is 7.20. The van der Waals surface area contributed by atoms with Crippen molar-refractivity contribution in [3.8, 4) is 5.75 Å². The maximum atomic E-state index is 12.6. The Morgan fingerprint density at radius 2 is 1.97 bits per heavy atom. The van der Waals surface area contributed by atoms with Crippen LogP contribution >= 0.6 is 0 Å². The number of unbranched alkanes of at least 4 members (excludes halogenated alkanes) is 3. The number of ketones is 1. The van der Waals surface area contributed by atoms with Gasteiger partial charge in [-0.3, -0.25) is 4.79 Å². The molecule has 1 N–H and O–H groups in total. The Labute approximate surface area is 177 Å². The molecule has 0 saturated heterocycles. The first-order chi connectivity index (χ1) is 14.3. The summed E-state index contributed by atoms with van der Waals surface area (Å²) in [6.07, 6.45) is 13.9. The summed E-state index contributed by atoms with van der Waals surface area (Å²) in [5, 5.41) is 10.3. The summed E-state index contributed by atoms with van der Waals surface area (Å²) < 4.78 is 9.81. The van der Waals surface area contributed by atoms with Gasteiger partial charge < -0.3 is 14.3 Å². The average molecular weight is 417 g/mol. The molecule has 0 unspecified atom stereocenters. The van der Waals surface area contributed by atoms with Crippen LogP contribution in [-0.2, 0) is 9.53 Å². The van der Waals surface area contributed by atoms with Crippen LogP contribution in [0, 0.1) is 0 Å². The number of rotatable bonds is 12. The van der Waals surface area contributed by atoms with Crippen molar-refractivity contribution in [2.24, 2.45) is 0 Å². The van der Waals surface area contributed by atoms with Crippen molar-refractivity contribution in [1.82, 2.24) is 0 Å². The highest BCUT2D eigenvalue weighted by Gasteiger charge is 2.21. The summed E-state index contributed by atoms with van der Waals surface area (Å²) in [5.74, 6) is -1.27. The average Bonchev–Trinajstić information content (AvgIpc) is 2.72. The van der Waals surface area contributed by atoms with Crippen molar-refractivity contribution in [3.05, 3.63) is 63.8 Å². The van der Waals surface area contributed by atoms with Gasteiger partial charge in [-0.1, -0.05) is 51.0 Å². The maximum absolute atomic E-state index is 12.6. The van der Waals surface area contributed by atoms with Gasteiger partial charge in [-0.05, 0) is 38.2 Å². The van der Waals surface area contributed by atoms with Crippen LogP contribution in [-0.4, -0.2) is 24.0 Å². The lowest BCUT2D eigenvalue weighted by Crippen LogP contribution is -2.16.